The van der Waals surface area contributed by atoms with Gasteiger partial charge in [-0.1, -0.05) is 0 Å². The van der Waals surface area contributed by atoms with Crippen molar-refractivity contribution in [1.29, 1.82) is 0 Å². The van der Waals surface area contributed by atoms with E-state index in [9.17, 15) is 5.11 Å². The molecule has 15 heavy (non-hydrogen) atoms. The van der Waals surface area contributed by atoms with E-state index in [1.54, 1.807) is 6.92 Å². The molecule has 1 aliphatic rings. The van der Waals surface area contributed by atoms with Gasteiger partial charge in [-0.3, -0.25) is 5.32 Å². The lowest BCUT2D eigenvalue weighted by molar-refractivity contribution is -0.337. The van der Waals surface area contributed by atoms with Crippen LogP contribution in [-0.4, -0.2) is 34.9 Å². The molecular formula is C11H23NO3. The maximum absolute atomic E-state index is 9.30. The molecule has 0 aromatic carbocycles. The van der Waals surface area contributed by atoms with Crippen LogP contribution in [0.15, 0.2) is 0 Å². The third-order valence-corrected chi connectivity index (χ3v) is 2.89. The molecule has 0 aromatic rings. The number of morpholine rings is 1. The van der Waals surface area contributed by atoms with E-state index in [0.717, 1.165) is 0 Å². The SMILES string of the molecule is CC(O)O[C@@]1(C)OCC(C)(C)NC1(C)C. The van der Waals surface area contributed by atoms with Gasteiger partial charge in [-0.15, -0.1) is 0 Å². The second kappa shape index (κ2) is 3.70. The quantitative estimate of drug-likeness (QED) is 0.683. The van der Waals surface area contributed by atoms with Gasteiger partial charge in [-0.2, -0.15) is 0 Å². The van der Waals surface area contributed by atoms with Crippen LogP contribution in [0.3, 0.4) is 0 Å². The fraction of sp³-hybridized carbons (Fsp3) is 1.00. The zero-order chi connectivity index (χ0) is 11.9. The Labute approximate surface area is 92.0 Å². The van der Waals surface area contributed by atoms with Crippen LogP contribution in [0.5, 0.6) is 0 Å². The monoisotopic (exact) mass is 217 g/mol. The first-order valence-electron chi connectivity index (χ1n) is 5.37. The van der Waals surface area contributed by atoms with Crippen LogP contribution in [0.4, 0.5) is 0 Å². The lowest BCUT2D eigenvalue weighted by Crippen LogP contribution is -2.71. The van der Waals surface area contributed by atoms with Gasteiger partial charge in [-0.25, -0.2) is 0 Å². The summed E-state index contributed by atoms with van der Waals surface area (Å²) in [6.07, 6.45) is -0.836. The van der Waals surface area contributed by atoms with E-state index < -0.39 is 12.1 Å². The Morgan fingerprint density at radius 2 is 1.80 bits per heavy atom. The van der Waals surface area contributed by atoms with E-state index >= 15 is 0 Å². The highest BCUT2D eigenvalue weighted by Crippen LogP contribution is 2.34. The summed E-state index contributed by atoms with van der Waals surface area (Å²) in [7, 11) is 0. The number of aliphatic hydroxyl groups excluding tert-OH is 1. The Balaban J connectivity index is 2.84. The minimum atomic E-state index is -0.836. The Morgan fingerprint density at radius 3 is 2.20 bits per heavy atom. The van der Waals surface area contributed by atoms with Crippen molar-refractivity contribution in [2.24, 2.45) is 0 Å². The largest absolute Gasteiger partial charge is 0.368 e. The third-order valence-electron chi connectivity index (χ3n) is 2.89. The molecule has 1 fully saturated rings. The summed E-state index contributed by atoms with van der Waals surface area (Å²) < 4.78 is 11.2. The number of ether oxygens (including phenoxy) is 2. The van der Waals surface area contributed by atoms with Crippen LogP contribution < -0.4 is 5.32 Å². The summed E-state index contributed by atoms with van der Waals surface area (Å²) in [6, 6.07) is 0. The van der Waals surface area contributed by atoms with Gasteiger partial charge >= 0.3 is 0 Å². The number of hydrogen-bond acceptors (Lipinski definition) is 4. The van der Waals surface area contributed by atoms with Crippen LogP contribution in [0.25, 0.3) is 0 Å². The predicted octanol–water partition coefficient (Wildman–Crippen LogP) is 1.23. The van der Waals surface area contributed by atoms with Crippen LogP contribution >= 0.6 is 0 Å². The van der Waals surface area contributed by atoms with Gasteiger partial charge in [0.25, 0.3) is 0 Å². The minimum Gasteiger partial charge on any atom is -0.368 e. The standard InChI is InChI=1S/C11H23NO3/c1-8(13)15-11(6)10(4,5)12-9(2,3)7-14-11/h8,12-13H,7H2,1-6H3/t8?,11-/m1/s1. The normalized spacial score (nSPS) is 36.2. The zero-order valence-electron chi connectivity index (χ0n) is 10.5. The van der Waals surface area contributed by atoms with Crippen LogP contribution in [-0.2, 0) is 9.47 Å². The topological polar surface area (TPSA) is 50.7 Å². The minimum absolute atomic E-state index is 0.0783. The van der Waals surface area contributed by atoms with Crippen molar-refractivity contribution < 1.29 is 14.6 Å². The third kappa shape index (κ3) is 2.69. The average Bonchev–Trinajstić information content (AvgIpc) is 1.95. The molecule has 2 N–H and O–H groups in total. The van der Waals surface area contributed by atoms with Crippen LogP contribution in [0, 0.1) is 0 Å². The zero-order valence-corrected chi connectivity index (χ0v) is 10.5. The van der Waals surface area contributed by atoms with Crippen LogP contribution in [0.1, 0.15) is 41.5 Å². The van der Waals surface area contributed by atoms with Crippen molar-refractivity contribution in [2.45, 2.75) is 64.7 Å². The first-order valence-corrected chi connectivity index (χ1v) is 5.37. The summed E-state index contributed by atoms with van der Waals surface area (Å²) in [6.45, 7) is 12.2. The second-order valence-electron chi connectivity index (χ2n) is 5.59. The Kier molecular flexibility index (Phi) is 3.18. The van der Waals surface area contributed by atoms with Crippen LogP contribution in [0.2, 0.25) is 0 Å². The molecule has 1 rings (SSSR count). The number of hydrogen-bond donors (Lipinski definition) is 2. The van der Waals surface area contributed by atoms with Gasteiger partial charge < -0.3 is 14.6 Å². The summed E-state index contributed by atoms with van der Waals surface area (Å²) >= 11 is 0. The molecule has 1 saturated heterocycles. The van der Waals surface area contributed by atoms with Crippen molar-refractivity contribution in [1.82, 2.24) is 5.32 Å². The average molecular weight is 217 g/mol. The molecule has 0 radical (unpaired) electrons. The molecule has 0 amide bonds. The molecule has 90 valence electrons. The van der Waals surface area contributed by atoms with Gasteiger partial charge in [0.05, 0.1) is 12.1 Å². The molecule has 4 heteroatoms. The highest BCUT2D eigenvalue weighted by molar-refractivity contribution is 5.01. The van der Waals surface area contributed by atoms with Crippen molar-refractivity contribution in [3.63, 3.8) is 0 Å². The number of rotatable bonds is 2. The highest BCUT2D eigenvalue weighted by atomic mass is 16.7. The maximum atomic E-state index is 9.30. The van der Waals surface area contributed by atoms with Crippen molar-refractivity contribution in [3.8, 4) is 0 Å². The molecule has 0 aromatic heterocycles. The van der Waals surface area contributed by atoms with Gasteiger partial charge in [0.15, 0.2) is 12.1 Å². The lowest BCUT2D eigenvalue weighted by Gasteiger charge is -2.53. The molecule has 0 bridgehead atoms. The van der Waals surface area contributed by atoms with Gasteiger partial charge in [0, 0.05) is 5.54 Å². The maximum Gasteiger partial charge on any atom is 0.186 e. The van der Waals surface area contributed by atoms with Gasteiger partial charge in [0.1, 0.15) is 0 Å². The first-order chi connectivity index (χ1) is 6.58. The van der Waals surface area contributed by atoms with Crippen molar-refractivity contribution >= 4 is 0 Å². The first kappa shape index (κ1) is 12.9. The molecule has 1 heterocycles. The molecule has 1 aliphatic heterocycles. The lowest BCUT2D eigenvalue weighted by atomic mass is 9.87. The van der Waals surface area contributed by atoms with Gasteiger partial charge in [-0.05, 0) is 41.5 Å². The summed E-state index contributed by atoms with van der Waals surface area (Å²) in [5, 5.41) is 12.8. The predicted molar refractivity (Wildman–Crippen MR) is 58.4 cm³/mol. The van der Waals surface area contributed by atoms with Crippen molar-refractivity contribution in [2.75, 3.05) is 6.61 Å². The Hall–Kier alpha value is -0.160. The summed E-state index contributed by atoms with van der Waals surface area (Å²) in [4.78, 5) is 0. The van der Waals surface area contributed by atoms with E-state index in [-0.39, 0.29) is 11.1 Å². The van der Waals surface area contributed by atoms with E-state index in [4.69, 9.17) is 9.47 Å². The molecule has 2 atom stereocenters. The van der Waals surface area contributed by atoms with E-state index in [0.29, 0.717) is 6.61 Å². The molecule has 0 aliphatic carbocycles. The van der Waals surface area contributed by atoms with E-state index in [1.807, 2.05) is 20.8 Å². The van der Waals surface area contributed by atoms with Crippen molar-refractivity contribution in [3.05, 3.63) is 0 Å². The molecule has 1 unspecified atom stereocenters. The Bertz CT molecular complexity index is 238. The molecule has 0 spiro atoms. The number of nitrogens with one attached hydrogen (secondary N) is 1. The highest BCUT2D eigenvalue weighted by Gasteiger charge is 2.51. The summed E-state index contributed by atoms with van der Waals surface area (Å²) in [5.74, 6) is -0.809. The smallest absolute Gasteiger partial charge is 0.186 e. The molecular weight excluding hydrogens is 194 g/mol. The molecule has 4 nitrogen and oxygen atoms in total. The second-order valence-corrected chi connectivity index (χ2v) is 5.59. The van der Waals surface area contributed by atoms with Gasteiger partial charge in [0.2, 0.25) is 0 Å². The number of aliphatic hydroxyl groups is 1. The van der Waals surface area contributed by atoms with E-state index in [1.165, 1.54) is 0 Å². The Morgan fingerprint density at radius 1 is 1.27 bits per heavy atom. The fourth-order valence-corrected chi connectivity index (χ4v) is 2.00. The fourth-order valence-electron chi connectivity index (χ4n) is 2.00. The molecule has 0 saturated carbocycles. The van der Waals surface area contributed by atoms with E-state index in [2.05, 4.69) is 19.2 Å². The summed E-state index contributed by atoms with van der Waals surface area (Å²) in [5.41, 5.74) is -0.434.